The summed E-state index contributed by atoms with van der Waals surface area (Å²) < 4.78 is 4.89. The molecule has 0 unspecified atom stereocenters. The molecule has 0 radical (unpaired) electrons. The first kappa shape index (κ1) is 8.93. The van der Waals surface area contributed by atoms with Crippen LogP contribution in [-0.4, -0.2) is 19.0 Å². The maximum Gasteiger partial charge on any atom is 0.152 e. The van der Waals surface area contributed by atoms with E-state index in [4.69, 9.17) is 11.2 Å². The van der Waals surface area contributed by atoms with E-state index in [1.54, 1.807) is 12.2 Å². The molecule has 0 amide bonds. The number of carbonyl (C=O) groups excluding carboxylic acids is 1. The van der Waals surface area contributed by atoms with E-state index in [0.717, 1.165) is 0 Å². The van der Waals surface area contributed by atoms with Crippen LogP contribution in [0.2, 0.25) is 0 Å². The Labute approximate surface area is 60.9 Å². The molecule has 0 saturated heterocycles. The Hall–Kier alpha value is -1.07. The topological polar surface area (TPSA) is 26.3 Å². The number of carbonyl (C=O) groups is 1. The normalized spacial score (nSPS) is 12.8. The van der Waals surface area contributed by atoms with E-state index in [1.807, 2.05) is 6.92 Å². The third-order valence-corrected chi connectivity index (χ3v) is 0.875. The van der Waals surface area contributed by atoms with Gasteiger partial charge in [-0.05, 0) is 6.92 Å². The van der Waals surface area contributed by atoms with E-state index in [0.29, 0.717) is 6.29 Å². The van der Waals surface area contributed by atoms with Crippen LogP contribution in [0.4, 0.5) is 0 Å². The number of allylic oxidation sites excluding steroid dienone is 1. The van der Waals surface area contributed by atoms with Gasteiger partial charge in [0.2, 0.25) is 0 Å². The van der Waals surface area contributed by atoms with Crippen LogP contribution < -0.4 is 0 Å². The molecule has 0 aromatic heterocycles. The fraction of sp³-hybridized carbons (Fsp3) is 0.375. The van der Waals surface area contributed by atoms with Crippen LogP contribution >= 0.6 is 0 Å². The summed E-state index contributed by atoms with van der Waals surface area (Å²) in [5.74, 6) is 2.28. The van der Waals surface area contributed by atoms with Gasteiger partial charge in [-0.1, -0.05) is 18.1 Å². The molecule has 0 aromatic carbocycles. The molecule has 0 aliphatic rings. The van der Waals surface area contributed by atoms with Crippen molar-refractivity contribution in [3.05, 3.63) is 12.2 Å². The quantitative estimate of drug-likeness (QED) is 0.326. The van der Waals surface area contributed by atoms with Gasteiger partial charge >= 0.3 is 0 Å². The Kier molecular flexibility index (Phi) is 5.41. The van der Waals surface area contributed by atoms with Gasteiger partial charge in [-0.15, -0.1) is 6.42 Å². The molecule has 2 heteroatoms. The Morgan fingerprint density at radius 2 is 2.50 bits per heavy atom. The van der Waals surface area contributed by atoms with Crippen molar-refractivity contribution < 1.29 is 9.53 Å². The Bertz CT molecular complexity index is 153. The van der Waals surface area contributed by atoms with Gasteiger partial charge in [0.05, 0.1) is 0 Å². The highest BCUT2D eigenvalue weighted by Gasteiger charge is 1.98. The van der Waals surface area contributed by atoms with Gasteiger partial charge in [0.1, 0.15) is 12.7 Å². The molecular weight excluding hydrogens is 128 g/mol. The highest BCUT2D eigenvalue weighted by atomic mass is 16.5. The maximum atomic E-state index is 10.2. The van der Waals surface area contributed by atoms with Gasteiger partial charge in [0.25, 0.3) is 0 Å². The molecule has 10 heavy (non-hydrogen) atoms. The van der Waals surface area contributed by atoms with Gasteiger partial charge in [-0.2, -0.15) is 0 Å². The van der Waals surface area contributed by atoms with Crippen molar-refractivity contribution in [2.75, 3.05) is 6.61 Å². The van der Waals surface area contributed by atoms with Crippen molar-refractivity contribution in [1.29, 1.82) is 0 Å². The summed E-state index contributed by atoms with van der Waals surface area (Å²) in [5.41, 5.74) is 0. The number of aldehydes is 1. The SMILES string of the molecule is C#CCO[C@@H](C=O)/C=C\C. The minimum Gasteiger partial charge on any atom is -0.354 e. The van der Waals surface area contributed by atoms with Gasteiger partial charge in [-0.25, -0.2) is 0 Å². The zero-order chi connectivity index (χ0) is 7.82. The molecule has 2 nitrogen and oxygen atoms in total. The van der Waals surface area contributed by atoms with Crippen LogP contribution in [-0.2, 0) is 9.53 Å². The second-order valence-corrected chi connectivity index (χ2v) is 1.64. The van der Waals surface area contributed by atoms with Gasteiger partial charge in [0.15, 0.2) is 6.29 Å². The number of hydrogen-bond acceptors (Lipinski definition) is 2. The number of terminal acetylenes is 1. The molecule has 0 bridgehead atoms. The Morgan fingerprint density at radius 1 is 1.80 bits per heavy atom. The lowest BCUT2D eigenvalue weighted by Crippen LogP contribution is -2.10. The third kappa shape index (κ3) is 3.88. The second kappa shape index (κ2) is 6.06. The summed E-state index contributed by atoms with van der Waals surface area (Å²) in [6.45, 7) is 1.99. The summed E-state index contributed by atoms with van der Waals surface area (Å²) in [6, 6.07) is 0. The van der Waals surface area contributed by atoms with Crippen LogP contribution in [0, 0.1) is 12.3 Å². The standard InChI is InChI=1S/C8H10O2/c1-3-5-8(7-9)10-6-4-2/h2-3,5,7-8H,6H2,1H3/b5-3-/t8-/m1/s1. The lowest BCUT2D eigenvalue weighted by atomic mass is 10.3. The summed E-state index contributed by atoms with van der Waals surface area (Å²) in [6.07, 6.45) is 8.52. The average molecular weight is 138 g/mol. The summed E-state index contributed by atoms with van der Waals surface area (Å²) >= 11 is 0. The molecule has 0 heterocycles. The maximum absolute atomic E-state index is 10.2. The van der Waals surface area contributed by atoms with Crippen LogP contribution in [0.1, 0.15) is 6.92 Å². The van der Waals surface area contributed by atoms with Crippen molar-refractivity contribution in [1.82, 2.24) is 0 Å². The first-order valence-corrected chi connectivity index (χ1v) is 2.98. The van der Waals surface area contributed by atoms with Crippen molar-refractivity contribution in [2.24, 2.45) is 0 Å². The summed E-state index contributed by atoms with van der Waals surface area (Å²) in [7, 11) is 0. The number of ether oxygens (including phenoxy) is 1. The number of rotatable bonds is 4. The summed E-state index contributed by atoms with van der Waals surface area (Å²) in [5, 5.41) is 0. The van der Waals surface area contributed by atoms with E-state index in [9.17, 15) is 4.79 Å². The Balaban J connectivity index is 3.62. The van der Waals surface area contributed by atoms with E-state index in [1.165, 1.54) is 0 Å². The predicted octanol–water partition coefficient (Wildman–Crippen LogP) is 0.780. The van der Waals surface area contributed by atoms with Crippen molar-refractivity contribution in [3.63, 3.8) is 0 Å². The van der Waals surface area contributed by atoms with Gasteiger partial charge in [-0.3, -0.25) is 0 Å². The zero-order valence-corrected chi connectivity index (χ0v) is 5.91. The zero-order valence-electron chi connectivity index (χ0n) is 5.91. The molecule has 54 valence electrons. The van der Waals surface area contributed by atoms with Crippen molar-refractivity contribution in [2.45, 2.75) is 13.0 Å². The van der Waals surface area contributed by atoms with E-state index < -0.39 is 6.10 Å². The fourth-order valence-corrected chi connectivity index (χ4v) is 0.474. The van der Waals surface area contributed by atoms with Gasteiger partial charge in [0, 0.05) is 0 Å². The number of hydrogen-bond donors (Lipinski definition) is 0. The minimum absolute atomic E-state index is 0.174. The lowest BCUT2D eigenvalue weighted by Gasteiger charge is -2.01. The van der Waals surface area contributed by atoms with E-state index in [-0.39, 0.29) is 6.61 Å². The van der Waals surface area contributed by atoms with E-state index >= 15 is 0 Å². The molecular formula is C8H10O2. The predicted molar refractivity (Wildman–Crippen MR) is 39.5 cm³/mol. The fourth-order valence-electron chi connectivity index (χ4n) is 0.474. The van der Waals surface area contributed by atoms with Crippen LogP contribution in [0.15, 0.2) is 12.2 Å². The van der Waals surface area contributed by atoms with Gasteiger partial charge < -0.3 is 9.53 Å². The molecule has 1 atom stereocenters. The first-order valence-electron chi connectivity index (χ1n) is 2.98. The van der Waals surface area contributed by atoms with Crippen molar-refractivity contribution in [3.8, 4) is 12.3 Å². The Morgan fingerprint density at radius 3 is 2.90 bits per heavy atom. The monoisotopic (exact) mass is 138 g/mol. The molecule has 0 aliphatic heterocycles. The van der Waals surface area contributed by atoms with Crippen LogP contribution in [0.3, 0.4) is 0 Å². The molecule has 0 fully saturated rings. The molecule has 0 saturated carbocycles. The molecule has 0 aromatic rings. The molecule has 0 spiro atoms. The summed E-state index contributed by atoms with van der Waals surface area (Å²) in [4.78, 5) is 10.2. The first-order chi connectivity index (χ1) is 4.85. The van der Waals surface area contributed by atoms with Crippen LogP contribution in [0.25, 0.3) is 0 Å². The van der Waals surface area contributed by atoms with Crippen LogP contribution in [0.5, 0.6) is 0 Å². The average Bonchev–Trinajstić information content (AvgIpc) is 1.98. The minimum atomic E-state index is -0.485. The smallest absolute Gasteiger partial charge is 0.152 e. The lowest BCUT2D eigenvalue weighted by molar-refractivity contribution is -0.114. The molecule has 0 aliphatic carbocycles. The highest BCUT2D eigenvalue weighted by Crippen LogP contribution is 1.88. The molecule has 0 rings (SSSR count). The third-order valence-electron chi connectivity index (χ3n) is 0.875. The van der Waals surface area contributed by atoms with Crippen molar-refractivity contribution >= 4 is 6.29 Å². The highest BCUT2D eigenvalue weighted by molar-refractivity contribution is 5.59. The van der Waals surface area contributed by atoms with E-state index in [2.05, 4.69) is 5.92 Å². The largest absolute Gasteiger partial charge is 0.354 e. The molecule has 0 N–H and O–H groups in total. The second-order valence-electron chi connectivity index (χ2n) is 1.64.